The van der Waals surface area contributed by atoms with Crippen LogP contribution in [-0.4, -0.2) is 76.7 Å². The number of ether oxygens (including phenoxy) is 2. The fourth-order valence-electron chi connectivity index (χ4n) is 3.99. The smallest absolute Gasteiger partial charge is 0.322 e. The van der Waals surface area contributed by atoms with Crippen molar-refractivity contribution in [1.29, 1.82) is 0 Å². The van der Waals surface area contributed by atoms with Crippen LogP contribution < -0.4 is 15.4 Å². The molecule has 0 unspecified atom stereocenters. The number of rotatable bonds is 5. The van der Waals surface area contributed by atoms with E-state index in [9.17, 15) is 4.79 Å². The number of aromatic nitrogens is 4. The Hall–Kier alpha value is -2.53. The van der Waals surface area contributed by atoms with E-state index in [0.717, 1.165) is 30.6 Å². The first kappa shape index (κ1) is 21.7. The lowest BCUT2D eigenvalue weighted by Gasteiger charge is -2.33. The second-order valence-electron chi connectivity index (χ2n) is 8.25. The van der Waals surface area contributed by atoms with Gasteiger partial charge in [0.25, 0.3) is 0 Å². The minimum Gasteiger partial charge on any atom is -0.460 e. The third kappa shape index (κ3) is 5.04. The highest BCUT2D eigenvalue weighted by Crippen LogP contribution is 2.31. The Morgan fingerprint density at radius 2 is 2.03 bits per heavy atom. The Morgan fingerprint density at radius 3 is 2.68 bits per heavy atom. The van der Waals surface area contributed by atoms with E-state index in [1.165, 1.54) is 11.3 Å². The number of thiazole rings is 1. The van der Waals surface area contributed by atoms with Crippen LogP contribution in [0.5, 0.6) is 6.01 Å². The first-order chi connectivity index (χ1) is 14.9. The molecule has 1 saturated carbocycles. The van der Waals surface area contributed by atoms with Crippen LogP contribution in [0.2, 0.25) is 0 Å². The lowest BCUT2D eigenvalue weighted by Crippen LogP contribution is -2.44. The summed E-state index contributed by atoms with van der Waals surface area (Å²) >= 11 is 1.33. The highest BCUT2D eigenvalue weighted by molar-refractivity contribution is 7.18. The van der Waals surface area contributed by atoms with Crippen molar-refractivity contribution in [2.24, 2.45) is 5.92 Å². The Labute approximate surface area is 185 Å². The number of carbonyl (C=O) groups excluding carboxylic acids is 1. The highest BCUT2D eigenvalue weighted by atomic mass is 32.1. The van der Waals surface area contributed by atoms with Gasteiger partial charge in [-0.25, -0.2) is 4.98 Å². The molecule has 168 valence electrons. The largest absolute Gasteiger partial charge is 0.460 e. The van der Waals surface area contributed by atoms with Crippen molar-refractivity contribution in [3.8, 4) is 16.7 Å². The standard InChI is InChI=1S/C20H29N7O3S/c1-12-11-29-9-8-27(12)19-23-16(15-10-22-18(21)31-15)24-20(25-19)30-14-6-4-13(5-7-14)17(28)26(2)3/h10,12-14H,4-9,11H2,1-3H3,(H2,21,22)/t12-,13-,14-/m0/s1. The summed E-state index contributed by atoms with van der Waals surface area (Å²) in [6.07, 6.45) is 4.84. The van der Waals surface area contributed by atoms with Crippen molar-refractivity contribution < 1.29 is 14.3 Å². The molecule has 10 nitrogen and oxygen atoms in total. The van der Waals surface area contributed by atoms with Crippen LogP contribution in [0.4, 0.5) is 11.1 Å². The average Bonchev–Trinajstić information content (AvgIpc) is 3.20. The lowest BCUT2D eigenvalue weighted by molar-refractivity contribution is -0.134. The molecule has 2 aromatic heterocycles. The first-order valence-corrected chi connectivity index (χ1v) is 11.4. The molecular formula is C20H29N7O3S. The minimum absolute atomic E-state index is 0.0250. The number of carbonyl (C=O) groups is 1. The minimum atomic E-state index is -0.0250. The molecule has 2 N–H and O–H groups in total. The summed E-state index contributed by atoms with van der Waals surface area (Å²) in [6.45, 7) is 4.02. The number of hydrogen-bond acceptors (Lipinski definition) is 10. The van der Waals surface area contributed by atoms with E-state index in [0.29, 0.717) is 42.7 Å². The number of amides is 1. The van der Waals surface area contributed by atoms with Crippen LogP contribution in [0.1, 0.15) is 32.6 Å². The normalized spacial score (nSPS) is 24.1. The van der Waals surface area contributed by atoms with Crippen molar-refractivity contribution >= 4 is 28.3 Å². The molecule has 4 rings (SSSR count). The van der Waals surface area contributed by atoms with Gasteiger partial charge in [-0.1, -0.05) is 11.3 Å². The Morgan fingerprint density at radius 1 is 1.26 bits per heavy atom. The summed E-state index contributed by atoms with van der Waals surface area (Å²) in [5.74, 6) is 1.32. The number of morpholine rings is 1. The molecule has 0 spiro atoms. The molecule has 1 amide bonds. The molecule has 0 bridgehead atoms. The van der Waals surface area contributed by atoms with Crippen LogP contribution in [0.3, 0.4) is 0 Å². The molecule has 2 aliphatic rings. The van der Waals surface area contributed by atoms with E-state index in [1.54, 1.807) is 25.2 Å². The van der Waals surface area contributed by atoms with Crippen molar-refractivity contribution in [3.05, 3.63) is 6.20 Å². The predicted octanol–water partition coefficient (Wildman–Crippen LogP) is 1.83. The molecular weight excluding hydrogens is 418 g/mol. The third-order valence-corrected chi connectivity index (χ3v) is 6.53. The van der Waals surface area contributed by atoms with E-state index < -0.39 is 0 Å². The Balaban J connectivity index is 1.54. The van der Waals surface area contributed by atoms with Gasteiger partial charge >= 0.3 is 6.01 Å². The monoisotopic (exact) mass is 447 g/mol. The van der Waals surface area contributed by atoms with E-state index in [-0.39, 0.29) is 24.0 Å². The fraction of sp³-hybridized carbons (Fsp3) is 0.650. The van der Waals surface area contributed by atoms with Crippen LogP contribution in [-0.2, 0) is 9.53 Å². The molecule has 2 fully saturated rings. The van der Waals surface area contributed by atoms with E-state index in [4.69, 9.17) is 15.2 Å². The molecule has 0 aromatic carbocycles. The van der Waals surface area contributed by atoms with Crippen molar-refractivity contribution in [2.45, 2.75) is 44.8 Å². The zero-order valence-corrected chi connectivity index (χ0v) is 19.0. The third-order valence-electron chi connectivity index (χ3n) is 5.71. The van der Waals surface area contributed by atoms with E-state index in [1.807, 2.05) is 0 Å². The number of anilines is 2. The van der Waals surface area contributed by atoms with Gasteiger partial charge < -0.3 is 25.0 Å². The molecule has 0 radical (unpaired) electrons. The molecule has 1 saturated heterocycles. The summed E-state index contributed by atoms with van der Waals surface area (Å²) in [5, 5.41) is 0.461. The summed E-state index contributed by atoms with van der Waals surface area (Å²) in [4.78, 5) is 34.7. The van der Waals surface area contributed by atoms with Gasteiger partial charge in [-0.2, -0.15) is 15.0 Å². The first-order valence-electron chi connectivity index (χ1n) is 10.6. The Bertz CT molecular complexity index is 914. The number of nitrogens with zero attached hydrogens (tertiary/aromatic N) is 6. The maximum atomic E-state index is 12.2. The SMILES string of the molecule is C[C@H]1COCCN1c1nc(O[C@H]2CC[C@H](C(=O)N(C)C)CC2)nc(-c2cnc(N)s2)n1. The van der Waals surface area contributed by atoms with Crippen molar-refractivity contribution in [2.75, 3.05) is 44.5 Å². The van der Waals surface area contributed by atoms with Gasteiger partial charge in [0.15, 0.2) is 11.0 Å². The van der Waals surface area contributed by atoms with Gasteiger partial charge in [-0.05, 0) is 32.6 Å². The molecule has 31 heavy (non-hydrogen) atoms. The van der Waals surface area contributed by atoms with Gasteiger partial charge in [-0.3, -0.25) is 4.79 Å². The molecule has 11 heteroatoms. The van der Waals surface area contributed by atoms with Gasteiger partial charge in [0, 0.05) is 26.6 Å². The van der Waals surface area contributed by atoms with Gasteiger partial charge in [-0.15, -0.1) is 0 Å². The zero-order chi connectivity index (χ0) is 22.0. The van der Waals surface area contributed by atoms with Crippen molar-refractivity contribution in [3.63, 3.8) is 0 Å². The summed E-state index contributed by atoms with van der Waals surface area (Å²) < 4.78 is 11.7. The van der Waals surface area contributed by atoms with E-state index >= 15 is 0 Å². The molecule has 1 aliphatic carbocycles. The van der Waals surface area contributed by atoms with Crippen LogP contribution in [0.25, 0.3) is 10.7 Å². The second kappa shape index (κ2) is 9.31. The Kier molecular flexibility index (Phi) is 6.51. The second-order valence-corrected chi connectivity index (χ2v) is 9.31. The van der Waals surface area contributed by atoms with Crippen LogP contribution in [0, 0.1) is 5.92 Å². The van der Waals surface area contributed by atoms with Gasteiger partial charge in [0.2, 0.25) is 11.9 Å². The summed E-state index contributed by atoms with van der Waals surface area (Å²) in [6, 6.07) is 0.448. The number of nitrogen functional groups attached to an aromatic ring is 1. The molecule has 3 heterocycles. The maximum Gasteiger partial charge on any atom is 0.322 e. The van der Waals surface area contributed by atoms with Crippen molar-refractivity contribution in [1.82, 2.24) is 24.8 Å². The van der Waals surface area contributed by atoms with Gasteiger partial charge in [0.1, 0.15) is 6.10 Å². The maximum absolute atomic E-state index is 12.2. The average molecular weight is 448 g/mol. The van der Waals surface area contributed by atoms with E-state index in [2.05, 4.69) is 31.8 Å². The quantitative estimate of drug-likeness (QED) is 0.732. The number of hydrogen-bond donors (Lipinski definition) is 1. The predicted molar refractivity (Wildman–Crippen MR) is 118 cm³/mol. The van der Waals surface area contributed by atoms with Crippen LogP contribution in [0.15, 0.2) is 6.20 Å². The molecule has 1 atom stereocenters. The highest BCUT2D eigenvalue weighted by Gasteiger charge is 2.30. The molecule has 2 aromatic rings. The summed E-state index contributed by atoms with van der Waals surface area (Å²) in [5.41, 5.74) is 5.81. The zero-order valence-electron chi connectivity index (χ0n) is 18.2. The molecule has 1 aliphatic heterocycles. The summed E-state index contributed by atoms with van der Waals surface area (Å²) in [7, 11) is 3.61. The number of nitrogens with two attached hydrogens (primary N) is 1. The fourth-order valence-corrected chi connectivity index (χ4v) is 4.61. The topological polar surface area (TPSA) is 120 Å². The van der Waals surface area contributed by atoms with Crippen LogP contribution >= 0.6 is 11.3 Å². The lowest BCUT2D eigenvalue weighted by atomic mass is 9.86. The van der Waals surface area contributed by atoms with Gasteiger partial charge in [0.05, 0.1) is 30.3 Å².